The molecule has 0 aromatic heterocycles. The van der Waals surface area contributed by atoms with Crippen molar-refractivity contribution in [3.63, 3.8) is 0 Å². The fourth-order valence-electron chi connectivity index (χ4n) is 2.66. The summed E-state index contributed by atoms with van der Waals surface area (Å²) in [6, 6.07) is 6.89. The average Bonchev–Trinajstić information content (AvgIpc) is 2.59. The maximum absolute atomic E-state index is 11.5. The zero-order valence-corrected chi connectivity index (χ0v) is 16.5. The summed E-state index contributed by atoms with van der Waals surface area (Å²) >= 11 is 5.33. The lowest BCUT2D eigenvalue weighted by Gasteiger charge is -2.26. The molecular formula is C17H27N3O3S2. The van der Waals surface area contributed by atoms with Crippen molar-refractivity contribution < 1.29 is 13.2 Å². The van der Waals surface area contributed by atoms with Crippen molar-refractivity contribution in [1.82, 2.24) is 15.5 Å². The molecule has 0 bridgehead atoms. The Morgan fingerprint density at radius 1 is 1.28 bits per heavy atom. The molecule has 1 heterocycles. The van der Waals surface area contributed by atoms with Gasteiger partial charge in [-0.3, -0.25) is 4.90 Å². The van der Waals surface area contributed by atoms with Crippen molar-refractivity contribution in [3.05, 3.63) is 29.8 Å². The average molecular weight is 386 g/mol. The van der Waals surface area contributed by atoms with E-state index in [2.05, 4.69) is 15.5 Å². The summed E-state index contributed by atoms with van der Waals surface area (Å²) in [5.74, 6) is 0. The first kappa shape index (κ1) is 20.1. The van der Waals surface area contributed by atoms with E-state index in [1.807, 2.05) is 19.1 Å². The van der Waals surface area contributed by atoms with Crippen LogP contribution in [0.5, 0.6) is 0 Å². The van der Waals surface area contributed by atoms with Gasteiger partial charge in [0.2, 0.25) is 0 Å². The van der Waals surface area contributed by atoms with Gasteiger partial charge in [0, 0.05) is 25.9 Å². The van der Waals surface area contributed by atoms with Crippen LogP contribution in [-0.4, -0.2) is 64.1 Å². The third-order valence-electron chi connectivity index (χ3n) is 4.20. The highest BCUT2D eigenvalue weighted by Crippen LogP contribution is 2.16. The summed E-state index contributed by atoms with van der Waals surface area (Å²) in [5.41, 5.74) is 0.991. The third-order valence-corrected chi connectivity index (χ3v) is 5.59. The Morgan fingerprint density at radius 2 is 1.92 bits per heavy atom. The van der Waals surface area contributed by atoms with Gasteiger partial charge in [0.15, 0.2) is 14.9 Å². The van der Waals surface area contributed by atoms with Gasteiger partial charge in [-0.2, -0.15) is 0 Å². The van der Waals surface area contributed by atoms with Crippen LogP contribution in [0.25, 0.3) is 0 Å². The number of nitrogens with zero attached hydrogens (tertiary/aromatic N) is 1. The number of benzene rings is 1. The minimum atomic E-state index is -3.16. The number of rotatable bonds is 7. The molecule has 6 nitrogen and oxygen atoms in total. The SMILES string of the molecule is C[C@@H](NC(=S)NCCCN1CCOCC1)c1ccc(S(C)(=O)=O)cc1. The maximum atomic E-state index is 11.5. The standard InChI is InChI=1S/C17H27N3O3S2/c1-14(15-4-6-16(7-5-15)25(2,21)22)19-17(24)18-8-3-9-20-10-12-23-13-11-20/h4-7,14H,3,8-13H2,1-2H3,(H2,18,19,24)/t14-/m1/s1. The number of hydrogen-bond acceptors (Lipinski definition) is 5. The molecule has 1 atom stereocenters. The van der Waals surface area contributed by atoms with Gasteiger partial charge in [0.05, 0.1) is 24.2 Å². The van der Waals surface area contributed by atoms with E-state index in [4.69, 9.17) is 17.0 Å². The van der Waals surface area contributed by atoms with E-state index in [1.54, 1.807) is 12.1 Å². The van der Waals surface area contributed by atoms with Crippen molar-refractivity contribution in [3.8, 4) is 0 Å². The van der Waals surface area contributed by atoms with E-state index in [9.17, 15) is 8.42 Å². The largest absolute Gasteiger partial charge is 0.379 e. The molecule has 2 N–H and O–H groups in total. The van der Waals surface area contributed by atoms with Crippen LogP contribution in [-0.2, 0) is 14.6 Å². The fraction of sp³-hybridized carbons (Fsp3) is 0.588. The van der Waals surface area contributed by atoms with Gasteiger partial charge >= 0.3 is 0 Å². The second kappa shape index (κ2) is 9.47. The molecule has 0 aliphatic carbocycles. The lowest BCUT2D eigenvalue weighted by atomic mass is 10.1. The molecule has 1 aliphatic rings. The van der Waals surface area contributed by atoms with E-state index >= 15 is 0 Å². The van der Waals surface area contributed by atoms with Gasteiger partial charge in [-0.1, -0.05) is 12.1 Å². The molecular weight excluding hydrogens is 358 g/mol. The smallest absolute Gasteiger partial charge is 0.175 e. The van der Waals surface area contributed by atoms with E-state index < -0.39 is 9.84 Å². The molecule has 0 saturated carbocycles. The van der Waals surface area contributed by atoms with Gasteiger partial charge in [-0.25, -0.2) is 8.42 Å². The van der Waals surface area contributed by atoms with Crippen LogP contribution in [0.3, 0.4) is 0 Å². The van der Waals surface area contributed by atoms with Crippen molar-refractivity contribution in [2.24, 2.45) is 0 Å². The molecule has 1 aromatic carbocycles. The highest BCUT2D eigenvalue weighted by atomic mass is 32.2. The molecule has 0 spiro atoms. The lowest BCUT2D eigenvalue weighted by Crippen LogP contribution is -2.40. The normalized spacial score (nSPS) is 17.0. The molecule has 0 amide bonds. The Labute approximate surface area is 155 Å². The Bertz CT molecular complexity index is 656. The molecule has 1 aliphatic heterocycles. The second-order valence-corrected chi connectivity index (χ2v) is 8.69. The van der Waals surface area contributed by atoms with Crippen molar-refractivity contribution in [2.45, 2.75) is 24.3 Å². The molecule has 8 heteroatoms. The Balaban J connectivity index is 1.70. The number of sulfone groups is 1. The van der Waals surface area contributed by atoms with Crippen LogP contribution in [0, 0.1) is 0 Å². The lowest BCUT2D eigenvalue weighted by molar-refractivity contribution is 0.0376. The van der Waals surface area contributed by atoms with Gasteiger partial charge in [-0.15, -0.1) is 0 Å². The summed E-state index contributed by atoms with van der Waals surface area (Å²) < 4.78 is 28.3. The number of nitrogens with one attached hydrogen (secondary N) is 2. The summed E-state index contributed by atoms with van der Waals surface area (Å²) in [6.45, 7) is 7.51. The van der Waals surface area contributed by atoms with Gasteiger partial charge in [-0.05, 0) is 49.8 Å². The minimum absolute atomic E-state index is 0.00727. The van der Waals surface area contributed by atoms with Crippen molar-refractivity contribution in [2.75, 3.05) is 45.6 Å². The first-order valence-electron chi connectivity index (χ1n) is 8.51. The Morgan fingerprint density at radius 3 is 2.52 bits per heavy atom. The third kappa shape index (κ3) is 6.89. The van der Waals surface area contributed by atoms with Crippen LogP contribution >= 0.6 is 12.2 Å². The van der Waals surface area contributed by atoms with Crippen molar-refractivity contribution in [1.29, 1.82) is 0 Å². The molecule has 1 fully saturated rings. The van der Waals surface area contributed by atoms with E-state index in [0.717, 1.165) is 51.4 Å². The molecule has 0 radical (unpaired) electrons. The predicted molar refractivity (Wildman–Crippen MR) is 104 cm³/mol. The van der Waals surface area contributed by atoms with Crippen LogP contribution < -0.4 is 10.6 Å². The second-order valence-electron chi connectivity index (χ2n) is 6.27. The maximum Gasteiger partial charge on any atom is 0.175 e. The van der Waals surface area contributed by atoms with Gasteiger partial charge < -0.3 is 15.4 Å². The zero-order valence-electron chi connectivity index (χ0n) is 14.8. The van der Waals surface area contributed by atoms with Gasteiger partial charge in [0.25, 0.3) is 0 Å². The fourth-order valence-corrected chi connectivity index (χ4v) is 3.57. The van der Waals surface area contributed by atoms with Crippen LogP contribution in [0.1, 0.15) is 24.9 Å². The molecule has 1 aromatic rings. The minimum Gasteiger partial charge on any atom is -0.379 e. The highest BCUT2D eigenvalue weighted by Gasteiger charge is 2.11. The zero-order chi connectivity index (χ0) is 18.3. The number of hydrogen-bond donors (Lipinski definition) is 2. The van der Waals surface area contributed by atoms with E-state index in [-0.39, 0.29) is 6.04 Å². The summed E-state index contributed by atoms with van der Waals surface area (Å²) in [6.07, 6.45) is 2.24. The quantitative estimate of drug-likeness (QED) is 0.542. The molecule has 1 saturated heterocycles. The molecule has 0 unspecified atom stereocenters. The monoisotopic (exact) mass is 385 g/mol. The number of thiocarbonyl (C=S) groups is 1. The summed E-state index contributed by atoms with van der Waals surface area (Å²) in [5, 5.41) is 7.07. The van der Waals surface area contributed by atoms with E-state index in [1.165, 1.54) is 6.26 Å². The molecule has 140 valence electrons. The first-order chi connectivity index (χ1) is 11.9. The molecule has 25 heavy (non-hydrogen) atoms. The Kier molecular flexibility index (Phi) is 7.61. The Hall–Kier alpha value is -1.22. The van der Waals surface area contributed by atoms with Crippen LogP contribution in [0.15, 0.2) is 29.2 Å². The van der Waals surface area contributed by atoms with Crippen molar-refractivity contribution >= 4 is 27.2 Å². The van der Waals surface area contributed by atoms with Gasteiger partial charge in [0.1, 0.15) is 0 Å². The number of ether oxygens (including phenoxy) is 1. The van der Waals surface area contributed by atoms with Crippen LogP contribution in [0.2, 0.25) is 0 Å². The first-order valence-corrected chi connectivity index (χ1v) is 10.8. The highest BCUT2D eigenvalue weighted by molar-refractivity contribution is 7.90. The predicted octanol–water partition coefficient (Wildman–Crippen LogP) is 1.34. The summed E-state index contributed by atoms with van der Waals surface area (Å²) in [7, 11) is -3.16. The van der Waals surface area contributed by atoms with Crippen LogP contribution in [0.4, 0.5) is 0 Å². The topological polar surface area (TPSA) is 70.7 Å². The number of morpholine rings is 1. The van der Waals surface area contributed by atoms with E-state index in [0.29, 0.717) is 10.0 Å². The molecule has 2 rings (SSSR count). The summed E-state index contributed by atoms with van der Waals surface area (Å²) in [4.78, 5) is 2.72.